The predicted octanol–water partition coefficient (Wildman–Crippen LogP) is 3.77. The van der Waals surface area contributed by atoms with Gasteiger partial charge in [-0.15, -0.1) is 0 Å². The fourth-order valence-corrected chi connectivity index (χ4v) is 4.87. The van der Waals surface area contributed by atoms with Crippen molar-refractivity contribution in [1.82, 2.24) is 9.97 Å². The number of hydrogen-bond acceptors (Lipinski definition) is 7. The maximum atomic E-state index is 15.4. The number of fused-ring (bicyclic) bond motifs is 2. The molecule has 0 bridgehead atoms. The molecule has 5 rings (SSSR count). The quantitative estimate of drug-likeness (QED) is 0.428. The van der Waals surface area contributed by atoms with E-state index in [-0.39, 0.29) is 23.0 Å². The van der Waals surface area contributed by atoms with Gasteiger partial charge in [0.15, 0.2) is 5.82 Å². The molecule has 1 amide bonds. The minimum Gasteiger partial charge on any atom is -0.474 e. The van der Waals surface area contributed by atoms with Crippen LogP contribution in [0.4, 0.5) is 26.4 Å². The van der Waals surface area contributed by atoms with Crippen LogP contribution >= 0.6 is 0 Å². The smallest absolute Gasteiger partial charge is 0.413 e. The summed E-state index contributed by atoms with van der Waals surface area (Å²) in [5.74, 6) is -0.202. The highest BCUT2D eigenvalue weighted by atomic mass is 19.1. The zero-order valence-electron chi connectivity index (χ0n) is 19.1. The van der Waals surface area contributed by atoms with Crippen LogP contribution in [0.25, 0.3) is 21.9 Å². The second-order valence-electron chi connectivity index (χ2n) is 9.24. The number of nitrogens with one attached hydrogen (secondary N) is 1. The number of nitrogens with two attached hydrogens (primary N) is 1. The number of amides is 1. The van der Waals surface area contributed by atoms with Gasteiger partial charge in [0.05, 0.1) is 11.3 Å². The highest BCUT2D eigenvalue weighted by Crippen LogP contribution is 2.44. The van der Waals surface area contributed by atoms with Gasteiger partial charge in [-0.3, -0.25) is 4.90 Å². The Hall–Kier alpha value is -3.66. The third kappa shape index (κ3) is 3.28. The first-order valence-electron chi connectivity index (χ1n) is 11.1. The molecular formula is C24H26FN5O4. The second kappa shape index (κ2) is 7.69. The third-order valence-electron chi connectivity index (χ3n) is 7.19. The van der Waals surface area contributed by atoms with E-state index in [1.165, 1.54) is 6.20 Å². The lowest BCUT2D eigenvalue weighted by atomic mass is 9.67. The summed E-state index contributed by atoms with van der Waals surface area (Å²) >= 11 is 0. The van der Waals surface area contributed by atoms with Gasteiger partial charge in [0.25, 0.3) is 0 Å². The van der Waals surface area contributed by atoms with Crippen molar-refractivity contribution in [3.63, 3.8) is 0 Å². The first-order chi connectivity index (χ1) is 16.1. The molecule has 0 unspecified atom stereocenters. The molecule has 0 saturated heterocycles. The molecule has 5 N–H and O–H groups in total. The molecular weight excluding hydrogens is 441 g/mol. The molecule has 3 aromatic rings. The molecule has 1 aromatic carbocycles. The maximum absolute atomic E-state index is 15.4. The van der Waals surface area contributed by atoms with E-state index in [9.17, 15) is 15.0 Å². The minimum absolute atomic E-state index is 0.0744. The number of aromatic nitrogens is 2. The number of anilines is 3. The zero-order chi connectivity index (χ0) is 24.4. The Kier molecular flexibility index (Phi) is 5.01. The van der Waals surface area contributed by atoms with Gasteiger partial charge in [0.2, 0.25) is 5.88 Å². The lowest BCUT2D eigenvalue weighted by Crippen LogP contribution is -2.62. The maximum Gasteiger partial charge on any atom is 0.413 e. The van der Waals surface area contributed by atoms with Gasteiger partial charge in [-0.2, -0.15) is 0 Å². The number of pyridine rings is 2. The molecule has 0 radical (unpaired) electrons. The number of nitrogens with zero attached hydrogens (tertiary/aromatic N) is 3. The largest absolute Gasteiger partial charge is 0.474 e. The van der Waals surface area contributed by atoms with E-state index in [0.717, 1.165) is 10.5 Å². The van der Waals surface area contributed by atoms with Crippen molar-refractivity contribution in [3.05, 3.63) is 35.9 Å². The van der Waals surface area contributed by atoms with Crippen molar-refractivity contribution in [2.24, 2.45) is 5.92 Å². The van der Waals surface area contributed by atoms with E-state index < -0.39 is 23.6 Å². The standard InChI is InChI=1S/C24H26FN5O4/c1-11-15(9-29-22-21(11)27-4-5-34-22)14-6-13-7-18(28-10-16(13)20(26)19(14)25)30(23(31)32)17-8-24(3,33)12(17)2/h6-7,9-10,12,17,27,33H,4-5,8,26H2,1-3H3,(H,31,32)/t12-,17+,24+/m0/s1. The van der Waals surface area contributed by atoms with Crippen molar-refractivity contribution in [1.29, 1.82) is 0 Å². The van der Waals surface area contributed by atoms with Gasteiger partial charge in [-0.25, -0.2) is 19.2 Å². The fourth-order valence-electron chi connectivity index (χ4n) is 4.87. The van der Waals surface area contributed by atoms with Crippen molar-refractivity contribution < 1.29 is 24.1 Å². The van der Waals surface area contributed by atoms with Crippen LogP contribution in [-0.2, 0) is 0 Å². The molecule has 178 valence electrons. The van der Waals surface area contributed by atoms with Gasteiger partial charge >= 0.3 is 6.09 Å². The van der Waals surface area contributed by atoms with Gasteiger partial charge < -0.3 is 26.0 Å². The van der Waals surface area contributed by atoms with Crippen LogP contribution in [0.15, 0.2) is 24.5 Å². The summed E-state index contributed by atoms with van der Waals surface area (Å²) < 4.78 is 20.9. The van der Waals surface area contributed by atoms with E-state index in [4.69, 9.17) is 10.5 Å². The summed E-state index contributed by atoms with van der Waals surface area (Å²) in [4.78, 5) is 21.9. The molecule has 3 atom stereocenters. The highest BCUT2D eigenvalue weighted by Gasteiger charge is 2.51. The Morgan fingerprint density at radius 2 is 2.09 bits per heavy atom. The lowest BCUT2D eigenvalue weighted by Gasteiger charge is -2.51. The van der Waals surface area contributed by atoms with Gasteiger partial charge in [0, 0.05) is 47.4 Å². The van der Waals surface area contributed by atoms with Crippen molar-refractivity contribution >= 4 is 34.1 Å². The summed E-state index contributed by atoms with van der Waals surface area (Å²) in [7, 11) is 0. The molecule has 1 saturated carbocycles. The second-order valence-corrected chi connectivity index (χ2v) is 9.24. The Balaban J connectivity index is 1.63. The highest BCUT2D eigenvalue weighted by molar-refractivity contribution is 6.00. The van der Waals surface area contributed by atoms with E-state index in [1.807, 2.05) is 6.92 Å². The van der Waals surface area contributed by atoms with E-state index in [0.29, 0.717) is 47.5 Å². The number of nitrogen functional groups attached to an aromatic ring is 1. The number of halogens is 1. The summed E-state index contributed by atoms with van der Waals surface area (Å²) in [6.45, 7) is 6.47. The van der Waals surface area contributed by atoms with Crippen LogP contribution < -0.4 is 20.7 Å². The average Bonchev–Trinajstić information content (AvgIpc) is 2.81. The van der Waals surface area contributed by atoms with Crippen molar-refractivity contribution in [2.45, 2.75) is 38.8 Å². The summed E-state index contributed by atoms with van der Waals surface area (Å²) in [5.41, 5.74) is 7.42. The van der Waals surface area contributed by atoms with E-state index in [2.05, 4.69) is 15.3 Å². The van der Waals surface area contributed by atoms with E-state index >= 15 is 4.39 Å². The normalized spacial score (nSPS) is 23.4. The summed E-state index contributed by atoms with van der Waals surface area (Å²) in [5, 5.41) is 24.4. The first-order valence-corrected chi connectivity index (χ1v) is 11.1. The number of aliphatic hydroxyl groups is 1. The van der Waals surface area contributed by atoms with E-state index in [1.54, 1.807) is 32.2 Å². The Labute approximate surface area is 195 Å². The van der Waals surface area contributed by atoms with Crippen LogP contribution in [0.5, 0.6) is 5.88 Å². The monoisotopic (exact) mass is 467 g/mol. The lowest BCUT2D eigenvalue weighted by molar-refractivity contribution is -0.0852. The molecule has 2 aromatic heterocycles. The topological polar surface area (TPSA) is 134 Å². The van der Waals surface area contributed by atoms with Gasteiger partial charge in [-0.05, 0) is 43.4 Å². The average molecular weight is 468 g/mol. The van der Waals surface area contributed by atoms with Gasteiger partial charge in [-0.1, -0.05) is 6.92 Å². The number of benzene rings is 1. The third-order valence-corrected chi connectivity index (χ3v) is 7.19. The number of carbonyl (C=O) groups is 1. The molecule has 1 aliphatic carbocycles. The van der Waals surface area contributed by atoms with Gasteiger partial charge in [0.1, 0.15) is 18.1 Å². The number of carboxylic acid groups (broad SMARTS) is 1. The Bertz CT molecular complexity index is 1330. The molecule has 9 nitrogen and oxygen atoms in total. The summed E-state index contributed by atoms with van der Waals surface area (Å²) in [6.07, 6.45) is 2.06. The number of rotatable bonds is 3. The molecule has 3 heterocycles. The van der Waals surface area contributed by atoms with Crippen LogP contribution in [0.1, 0.15) is 25.8 Å². The zero-order valence-corrected chi connectivity index (χ0v) is 19.1. The van der Waals surface area contributed by atoms with Crippen molar-refractivity contribution in [3.8, 4) is 17.0 Å². The molecule has 1 aliphatic heterocycles. The molecule has 34 heavy (non-hydrogen) atoms. The minimum atomic E-state index is -1.17. The molecule has 0 spiro atoms. The molecule has 10 heteroatoms. The van der Waals surface area contributed by atoms with Crippen LogP contribution in [0.3, 0.4) is 0 Å². The predicted molar refractivity (Wildman–Crippen MR) is 127 cm³/mol. The van der Waals surface area contributed by atoms with Crippen molar-refractivity contribution in [2.75, 3.05) is 29.1 Å². The molecule has 2 aliphatic rings. The fraction of sp³-hybridized carbons (Fsp3) is 0.375. The SMILES string of the molecule is Cc1c(-c2cc3cc(N(C(=O)O)[C@@H]4C[C@@](C)(O)[C@H]4C)ncc3c(N)c2F)cnc2c1NCCO2. The summed E-state index contributed by atoms with van der Waals surface area (Å²) in [6, 6.07) is 2.80. The van der Waals surface area contributed by atoms with Crippen LogP contribution in [0.2, 0.25) is 0 Å². The number of hydrogen-bond donors (Lipinski definition) is 4. The number of ether oxygens (including phenoxy) is 1. The Morgan fingerprint density at radius 3 is 2.76 bits per heavy atom. The molecule has 1 fully saturated rings. The van der Waals surface area contributed by atoms with Crippen LogP contribution in [0, 0.1) is 18.7 Å². The Morgan fingerprint density at radius 1 is 1.32 bits per heavy atom. The first kappa shape index (κ1) is 22.1. The van der Waals surface area contributed by atoms with Crippen LogP contribution in [-0.4, -0.2) is 51.1 Å².